The molecule has 0 aromatic heterocycles. The number of hydrogen-bond donors (Lipinski definition) is 2. The molecular weight excluding hydrogens is 337 g/mol. The third kappa shape index (κ3) is 5.11. The Morgan fingerprint density at radius 1 is 0.800 bits per heavy atom. The van der Waals surface area contributed by atoms with E-state index in [2.05, 4.69) is 0 Å². The maximum absolute atomic E-state index is 12.1. The predicted molar refractivity (Wildman–Crippen MR) is 97.6 cm³/mol. The van der Waals surface area contributed by atoms with Crippen LogP contribution >= 0.6 is 7.82 Å². The zero-order chi connectivity index (χ0) is 17.7. The Labute approximate surface area is 146 Å². The molecule has 128 valence electrons. The number of anilines is 1. The van der Waals surface area contributed by atoms with E-state index in [4.69, 9.17) is 14.8 Å². The van der Waals surface area contributed by atoms with Crippen molar-refractivity contribution >= 4 is 13.5 Å². The minimum absolute atomic E-state index is 0.173. The molecular formula is C19H18NO4P. The molecule has 5 nitrogen and oxygen atoms in total. The van der Waals surface area contributed by atoms with Gasteiger partial charge in [-0.05, 0) is 41.8 Å². The fraction of sp³-hybridized carbons (Fsp3) is 0.0526. The van der Waals surface area contributed by atoms with Gasteiger partial charge in [0.2, 0.25) is 0 Å². The highest BCUT2D eigenvalue weighted by molar-refractivity contribution is 7.48. The molecule has 6 heteroatoms. The van der Waals surface area contributed by atoms with Gasteiger partial charge in [-0.2, -0.15) is 0 Å². The molecule has 0 bridgehead atoms. The van der Waals surface area contributed by atoms with E-state index in [1.54, 1.807) is 24.3 Å². The molecule has 25 heavy (non-hydrogen) atoms. The molecule has 3 aromatic rings. The molecule has 0 saturated heterocycles. The van der Waals surface area contributed by atoms with Crippen LogP contribution in [0.2, 0.25) is 0 Å². The van der Waals surface area contributed by atoms with E-state index in [-0.39, 0.29) is 11.5 Å². The summed E-state index contributed by atoms with van der Waals surface area (Å²) in [6.45, 7) is 0. The second kappa shape index (κ2) is 7.43. The summed E-state index contributed by atoms with van der Waals surface area (Å²) in [6.07, 6.45) is 0.775. The Morgan fingerprint density at radius 2 is 1.44 bits per heavy atom. The van der Waals surface area contributed by atoms with Gasteiger partial charge < -0.3 is 14.8 Å². The third-order valence-electron chi connectivity index (χ3n) is 3.47. The molecule has 3 N–H and O–H groups in total. The van der Waals surface area contributed by atoms with Gasteiger partial charge >= 0.3 is 7.82 Å². The lowest BCUT2D eigenvalue weighted by Gasteiger charge is -2.14. The van der Waals surface area contributed by atoms with Gasteiger partial charge in [-0.25, -0.2) is 4.57 Å². The van der Waals surface area contributed by atoms with Gasteiger partial charge in [-0.1, -0.05) is 48.5 Å². The largest absolute Gasteiger partial charge is 0.584 e. The molecule has 0 radical (unpaired) electrons. The van der Waals surface area contributed by atoms with Crippen molar-refractivity contribution in [2.45, 2.75) is 6.42 Å². The Bertz CT molecular complexity index is 881. The van der Waals surface area contributed by atoms with Gasteiger partial charge in [-0.3, -0.25) is 4.89 Å². The first-order valence-electron chi connectivity index (χ1n) is 7.71. The average molecular weight is 355 g/mol. The fourth-order valence-corrected chi connectivity index (χ4v) is 3.16. The molecule has 0 saturated carbocycles. The van der Waals surface area contributed by atoms with Crippen LogP contribution in [0.25, 0.3) is 0 Å². The van der Waals surface area contributed by atoms with Crippen LogP contribution in [0, 0.1) is 0 Å². The first-order chi connectivity index (χ1) is 12.0. The Balaban J connectivity index is 1.65. The Kier molecular flexibility index (Phi) is 5.08. The van der Waals surface area contributed by atoms with Crippen LogP contribution in [0.5, 0.6) is 11.5 Å². The van der Waals surface area contributed by atoms with Crippen LogP contribution in [0.3, 0.4) is 0 Å². The number of phosphoric ester groups is 1. The number of rotatable bonds is 6. The van der Waals surface area contributed by atoms with Crippen LogP contribution in [0.1, 0.15) is 11.1 Å². The predicted octanol–water partition coefficient (Wildman–Crippen LogP) is 4.42. The Hall–Kier alpha value is -2.75. The highest BCUT2D eigenvalue weighted by Gasteiger charge is 2.25. The van der Waals surface area contributed by atoms with E-state index in [0.29, 0.717) is 5.69 Å². The lowest BCUT2D eigenvalue weighted by Crippen LogP contribution is -2.00. The topological polar surface area (TPSA) is 81.8 Å². The van der Waals surface area contributed by atoms with Crippen molar-refractivity contribution in [2.75, 3.05) is 5.73 Å². The van der Waals surface area contributed by atoms with E-state index in [9.17, 15) is 9.46 Å². The summed E-state index contributed by atoms with van der Waals surface area (Å²) in [7, 11) is -4.29. The molecule has 3 rings (SSSR count). The molecule has 0 heterocycles. The van der Waals surface area contributed by atoms with Crippen LogP contribution in [0.15, 0.2) is 78.9 Å². The highest BCUT2D eigenvalue weighted by atomic mass is 31.2. The van der Waals surface area contributed by atoms with Gasteiger partial charge in [0.1, 0.15) is 11.5 Å². The molecule has 0 spiro atoms. The molecule has 1 unspecified atom stereocenters. The molecule has 0 aliphatic carbocycles. The third-order valence-corrected chi connectivity index (χ3v) is 4.36. The van der Waals surface area contributed by atoms with Crippen LogP contribution in [0.4, 0.5) is 5.69 Å². The summed E-state index contributed by atoms with van der Waals surface area (Å²) in [5.74, 6) is 0.429. The molecule has 0 aliphatic rings. The van der Waals surface area contributed by atoms with Gasteiger partial charge in [-0.15, -0.1) is 0 Å². The first-order valence-corrected chi connectivity index (χ1v) is 9.20. The maximum Gasteiger partial charge on any atom is 0.584 e. The number of hydrogen-bond acceptors (Lipinski definition) is 4. The van der Waals surface area contributed by atoms with Crippen molar-refractivity contribution < 1.29 is 18.5 Å². The molecule has 0 fully saturated rings. The summed E-state index contributed by atoms with van der Waals surface area (Å²) in [4.78, 5) is 9.89. The summed E-state index contributed by atoms with van der Waals surface area (Å²) in [5.41, 5.74) is 8.31. The van der Waals surface area contributed by atoms with Crippen molar-refractivity contribution in [3.8, 4) is 11.5 Å². The Morgan fingerprint density at radius 3 is 2.12 bits per heavy atom. The number of nitrogen functional groups attached to an aromatic ring is 1. The molecule has 0 aliphatic heterocycles. The quantitative estimate of drug-likeness (QED) is 0.505. The van der Waals surface area contributed by atoms with Gasteiger partial charge in [0, 0.05) is 11.8 Å². The normalized spacial score (nSPS) is 13.0. The second-order valence-electron chi connectivity index (χ2n) is 5.53. The van der Waals surface area contributed by atoms with Crippen LogP contribution in [-0.4, -0.2) is 4.89 Å². The van der Waals surface area contributed by atoms with Gasteiger partial charge in [0.15, 0.2) is 0 Å². The second-order valence-corrected chi connectivity index (χ2v) is 6.83. The molecule has 0 amide bonds. The number of nitrogens with two attached hydrogens (primary N) is 1. The van der Waals surface area contributed by atoms with Gasteiger partial charge in [0.05, 0.1) is 0 Å². The summed E-state index contributed by atoms with van der Waals surface area (Å²) in [5, 5.41) is 0. The van der Waals surface area contributed by atoms with Crippen LogP contribution < -0.4 is 14.8 Å². The zero-order valence-electron chi connectivity index (χ0n) is 13.4. The SMILES string of the molecule is Nc1cccc(OP(=O)(O)Oc2ccc(Cc3ccccc3)cc2)c1. The van der Waals surface area contributed by atoms with Crippen molar-refractivity contribution in [1.82, 2.24) is 0 Å². The fourth-order valence-electron chi connectivity index (χ4n) is 2.36. The summed E-state index contributed by atoms with van der Waals surface area (Å²) >= 11 is 0. The summed E-state index contributed by atoms with van der Waals surface area (Å²) < 4.78 is 22.2. The minimum Gasteiger partial charge on any atom is -0.399 e. The van der Waals surface area contributed by atoms with E-state index in [0.717, 1.165) is 12.0 Å². The minimum atomic E-state index is -4.29. The smallest absolute Gasteiger partial charge is 0.399 e. The molecule has 3 aromatic carbocycles. The maximum atomic E-state index is 12.1. The van der Waals surface area contributed by atoms with Crippen molar-refractivity contribution in [3.63, 3.8) is 0 Å². The van der Waals surface area contributed by atoms with Crippen molar-refractivity contribution in [2.24, 2.45) is 0 Å². The lowest BCUT2D eigenvalue weighted by molar-refractivity contribution is 0.291. The number of phosphoric acid groups is 1. The van der Waals surface area contributed by atoms with E-state index in [1.165, 1.54) is 17.7 Å². The monoisotopic (exact) mass is 355 g/mol. The molecule has 1 atom stereocenters. The van der Waals surface area contributed by atoms with E-state index < -0.39 is 7.82 Å². The lowest BCUT2D eigenvalue weighted by atomic mass is 10.1. The van der Waals surface area contributed by atoms with Crippen LogP contribution in [-0.2, 0) is 11.0 Å². The highest BCUT2D eigenvalue weighted by Crippen LogP contribution is 2.44. The van der Waals surface area contributed by atoms with Crippen molar-refractivity contribution in [1.29, 1.82) is 0 Å². The van der Waals surface area contributed by atoms with Gasteiger partial charge in [0.25, 0.3) is 0 Å². The van der Waals surface area contributed by atoms with Crippen molar-refractivity contribution in [3.05, 3.63) is 90.0 Å². The van der Waals surface area contributed by atoms with E-state index in [1.807, 2.05) is 42.5 Å². The average Bonchev–Trinajstić information content (AvgIpc) is 2.57. The summed E-state index contributed by atoms with van der Waals surface area (Å²) in [6, 6.07) is 23.3. The van der Waals surface area contributed by atoms with E-state index >= 15 is 0 Å². The standard InChI is InChI=1S/C19H18NO4P/c20-17-7-4-8-19(14-17)24-25(21,22)23-18-11-9-16(10-12-18)13-15-5-2-1-3-6-15/h1-12,14H,13,20H2,(H,21,22). The number of benzene rings is 3. The first kappa shape index (κ1) is 17.1. The zero-order valence-corrected chi connectivity index (χ0v) is 14.3.